The summed E-state index contributed by atoms with van der Waals surface area (Å²) in [4.78, 5) is 11.6. The zero-order chi connectivity index (χ0) is 13.8. The topological polar surface area (TPSA) is 72.5 Å². The van der Waals surface area contributed by atoms with Gasteiger partial charge in [0.1, 0.15) is 11.8 Å². The third kappa shape index (κ3) is 2.85. The minimum absolute atomic E-state index is 0.226. The molecule has 0 aliphatic rings. The molecule has 0 aliphatic heterocycles. The van der Waals surface area contributed by atoms with Crippen LogP contribution in [0.4, 0.5) is 0 Å². The molecular formula is C15H17NO3. The van der Waals surface area contributed by atoms with E-state index in [-0.39, 0.29) is 5.75 Å². The smallest absolute Gasteiger partial charge is 0.323 e. The van der Waals surface area contributed by atoms with Crippen LogP contribution >= 0.6 is 0 Å². The number of esters is 1. The van der Waals surface area contributed by atoms with E-state index in [2.05, 4.69) is 0 Å². The number of carbonyl (C=O) groups excluding carboxylic acids is 1. The van der Waals surface area contributed by atoms with E-state index in [1.807, 2.05) is 24.3 Å². The van der Waals surface area contributed by atoms with Crippen molar-refractivity contribution in [2.75, 3.05) is 6.61 Å². The summed E-state index contributed by atoms with van der Waals surface area (Å²) in [5, 5.41) is 11.5. The first-order valence-corrected chi connectivity index (χ1v) is 6.25. The average Bonchev–Trinajstić information content (AvgIpc) is 2.40. The van der Waals surface area contributed by atoms with Crippen molar-refractivity contribution in [1.82, 2.24) is 0 Å². The van der Waals surface area contributed by atoms with Gasteiger partial charge in [-0.3, -0.25) is 4.79 Å². The van der Waals surface area contributed by atoms with Gasteiger partial charge in [-0.05, 0) is 30.4 Å². The highest BCUT2D eigenvalue weighted by molar-refractivity contribution is 5.91. The van der Waals surface area contributed by atoms with Crippen molar-refractivity contribution < 1.29 is 14.6 Å². The molecule has 19 heavy (non-hydrogen) atoms. The molecule has 100 valence electrons. The molecule has 2 aromatic rings. The van der Waals surface area contributed by atoms with Crippen LogP contribution in [-0.2, 0) is 16.0 Å². The molecular weight excluding hydrogens is 242 g/mol. The van der Waals surface area contributed by atoms with Gasteiger partial charge in [0.2, 0.25) is 0 Å². The Hall–Kier alpha value is -2.07. The lowest BCUT2D eigenvalue weighted by atomic mass is 9.98. The van der Waals surface area contributed by atoms with Gasteiger partial charge in [-0.15, -0.1) is 0 Å². The largest absolute Gasteiger partial charge is 0.507 e. The Morgan fingerprint density at radius 2 is 1.95 bits per heavy atom. The zero-order valence-electron chi connectivity index (χ0n) is 10.8. The maximum Gasteiger partial charge on any atom is 0.323 e. The summed E-state index contributed by atoms with van der Waals surface area (Å²) in [6.45, 7) is 2.07. The predicted molar refractivity (Wildman–Crippen MR) is 73.9 cm³/mol. The van der Waals surface area contributed by atoms with Crippen molar-refractivity contribution in [3.05, 3.63) is 42.0 Å². The van der Waals surface area contributed by atoms with Gasteiger partial charge < -0.3 is 15.6 Å². The first-order chi connectivity index (χ1) is 9.13. The van der Waals surface area contributed by atoms with Crippen LogP contribution in [0.15, 0.2) is 36.4 Å². The van der Waals surface area contributed by atoms with Gasteiger partial charge in [-0.25, -0.2) is 0 Å². The summed E-state index contributed by atoms with van der Waals surface area (Å²) in [6.07, 6.45) is 0.389. The molecule has 1 atom stereocenters. The number of aromatic hydroxyl groups is 1. The Kier molecular flexibility index (Phi) is 4.02. The summed E-state index contributed by atoms with van der Waals surface area (Å²) < 4.78 is 4.90. The van der Waals surface area contributed by atoms with Gasteiger partial charge in [0.25, 0.3) is 0 Å². The van der Waals surface area contributed by atoms with Crippen LogP contribution in [0.2, 0.25) is 0 Å². The second kappa shape index (κ2) is 5.71. The number of phenolic OH excluding ortho intramolecular Hbond substituents is 1. The number of fused-ring (bicyclic) bond motifs is 1. The quantitative estimate of drug-likeness (QED) is 0.823. The minimum atomic E-state index is -0.687. The Balaban J connectivity index is 2.31. The molecule has 0 amide bonds. The predicted octanol–water partition coefficient (Wildman–Crippen LogP) is 1.98. The molecule has 0 bridgehead atoms. The lowest BCUT2D eigenvalue weighted by Crippen LogP contribution is -2.34. The number of nitrogens with two attached hydrogens (primary N) is 1. The van der Waals surface area contributed by atoms with Crippen molar-refractivity contribution in [3.63, 3.8) is 0 Å². The van der Waals surface area contributed by atoms with Crippen LogP contribution in [0.3, 0.4) is 0 Å². The van der Waals surface area contributed by atoms with E-state index in [1.54, 1.807) is 19.1 Å². The van der Waals surface area contributed by atoms with Crippen molar-refractivity contribution in [1.29, 1.82) is 0 Å². The minimum Gasteiger partial charge on any atom is -0.507 e. The van der Waals surface area contributed by atoms with Crippen molar-refractivity contribution in [3.8, 4) is 5.75 Å². The van der Waals surface area contributed by atoms with Gasteiger partial charge in [0, 0.05) is 5.39 Å². The van der Waals surface area contributed by atoms with E-state index in [0.717, 1.165) is 16.3 Å². The summed E-state index contributed by atoms with van der Waals surface area (Å²) in [5.74, 6) is -0.177. The number of carbonyl (C=O) groups is 1. The average molecular weight is 259 g/mol. The first-order valence-electron chi connectivity index (χ1n) is 6.25. The SMILES string of the molecule is CCOC(=O)C(N)Cc1cccc2c(O)cccc12. The molecule has 0 saturated heterocycles. The van der Waals surface area contributed by atoms with E-state index in [1.165, 1.54) is 0 Å². The molecule has 0 heterocycles. The van der Waals surface area contributed by atoms with Crippen molar-refractivity contribution in [2.24, 2.45) is 5.73 Å². The molecule has 0 spiro atoms. The highest BCUT2D eigenvalue weighted by Crippen LogP contribution is 2.27. The molecule has 0 aromatic heterocycles. The number of phenols is 1. The standard InChI is InChI=1S/C15H17NO3/c1-2-19-15(18)13(16)9-10-5-3-7-12-11(10)6-4-8-14(12)17/h3-8,13,17H,2,9,16H2,1H3. The van der Waals surface area contributed by atoms with Crippen LogP contribution < -0.4 is 5.73 Å². The molecule has 1 unspecified atom stereocenters. The zero-order valence-corrected chi connectivity index (χ0v) is 10.8. The molecule has 0 fully saturated rings. The second-order valence-corrected chi connectivity index (χ2v) is 4.35. The van der Waals surface area contributed by atoms with E-state index < -0.39 is 12.0 Å². The number of rotatable bonds is 4. The molecule has 0 saturated carbocycles. The summed E-state index contributed by atoms with van der Waals surface area (Å²) in [5.41, 5.74) is 6.75. The maximum atomic E-state index is 11.6. The Morgan fingerprint density at radius 1 is 1.26 bits per heavy atom. The molecule has 2 rings (SSSR count). The number of hydrogen-bond acceptors (Lipinski definition) is 4. The Bertz CT molecular complexity index is 595. The maximum absolute atomic E-state index is 11.6. The fourth-order valence-corrected chi connectivity index (χ4v) is 2.11. The van der Waals surface area contributed by atoms with Crippen molar-refractivity contribution in [2.45, 2.75) is 19.4 Å². The Morgan fingerprint density at radius 3 is 2.68 bits per heavy atom. The van der Waals surface area contributed by atoms with E-state index in [4.69, 9.17) is 10.5 Å². The van der Waals surface area contributed by atoms with Gasteiger partial charge in [-0.2, -0.15) is 0 Å². The van der Waals surface area contributed by atoms with Crippen LogP contribution in [0, 0.1) is 0 Å². The molecule has 0 aliphatic carbocycles. The van der Waals surface area contributed by atoms with Crippen LogP contribution in [-0.4, -0.2) is 23.7 Å². The number of hydrogen-bond donors (Lipinski definition) is 2. The van der Waals surface area contributed by atoms with Gasteiger partial charge >= 0.3 is 5.97 Å². The Labute approximate surface area is 111 Å². The van der Waals surface area contributed by atoms with Crippen LogP contribution in [0.25, 0.3) is 10.8 Å². The van der Waals surface area contributed by atoms with E-state index >= 15 is 0 Å². The van der Waals surface area contributed by atoms with Crippen molar-refractivity contribution >= 4 is 16.7 Å². The molecule has 4 nitrogen and oxygen atoms in total. The summed E-state index contributed by atoms with van der Waals surface area (Å²) >= 11 is 0. The van der Waals surface area contributed by atoms with Crippen LogP contribution in [0.5, 0.6) is 5.75 Å². The monoisotopic (exact) mass is 259 g/mol. The normalized spacial score (nSPS) is 12.3. The van der Waals surface area contributed by atoms with Crippen LogP contribution in [0.1, 0.15) is 12.5 Å². The summed E-state index contributed by atoms with van der Waals surface area (Å²) in [6, 6.07) is 10.2. The lowest BCUT2D eigenvalue weighted by molar-refractivity contribution is -0.144. The summed E-state index contributed by atoms with van der Waals surface area (Å²) in [7, 11) is 0. The van der Waals surface area contributed by atoms with E-state index in [0.29, 0.717) is 13.0 Å². The molecule has 2 aromatic carbocycles. The first kappa shape index (κ1) is 13.4. The second-order valence-electron chi connectivity index (χ2n) is 4.35. The van der Waals surface area contributed by atoms with Gasteiger partial charge in [0.05, 0.1) is 6.61 Å². The third-order valence-corrected chi connectivity index (χ3v) is 3.02. The third-order valence-electron chi connectivity index (χ3n) is 3.02. The highest BCUT2D eigenvalue weighted by atomic mass is 16.5. The lowest BCUT2D eigenvalue weighted by Gasteiger charge is -2.12. The fourth-order valence-electron chi connectivity index (χ4n) is 2.11. The van der Waals surface area contributed by atoms with Gasteiger partial charge in [0.15, 0.2) is 0 Å². The molecule has 4 heteroatoms. The number of ether oxygens (including phenoxy) is 1. The highest BCUT2D eigenvalue weighted by Gasteiger charge is 2.16. The molecule has 3 N–H and O–H groups in total. The number of benzene rings is 2. The molecule has 0 radical (unpaired) electrons. The fraction of sp³-hybridized carbons (Fsp3) is 0.267. The van der Waals surface area contributed by atoms with E-state index in [9.17, 15) is 9.90 Å². The van der Waals surface area contributed by atoms with Gasteiger partial charge in [-0.1, -0.05) is 30.3 Å².